The van der Waals surface area contributed by atoms with E-state index in [1.165, 1.54) is 6.42 Å². The first-order valence-electron chi connectivity index (χ1n) is 3.74. The molecule has 0 radical (unpaired) electrons. The topological polar surface area (TPSA) is 64.9 Å². The maximum atomic E-state index is 10.6. The molecule has 1 aliphatic carbocycles. The average Bonchev–Trinajstić information content (AvgIpc) is 1.89. The van der Waals surface area contributed by atoms with E-state index in [1.807, 2.05) is 0 Å². The van der Waals surface area contributed by atoms with Gasteiger partial charge < -0.3 is 27.8 Å². The Labute approximate surface area is 76.7 Å². The van der Waals surface area contributed by atoms with Crippen LogP contribution in [0.5, 0.6) is 0 Å². The quantitative estimate of drug-likeness (QED) is 0.499. The van der Waals surface area contributed by atoms with Crippen molar-refractivity contribution in [1.82, 2.24) is 0 Å². The molecule has 0 aromatic carbocycles. The fourth-order valence-electron chi connectivity index (χ4n) is 1.44. The third-order valence-corrected chi connectivity index (χ3v) is 2.26. The Bertz CT molecular complexity index is 143. The van der Waals surface area contributed by atoms with Gasteiger partial charge >= 0.3 is 5.97 Å². The second kappa shape index (κ2) is 4.07. The highest BCUT2D eigenvalue weighted by molar-refractivity contribution is 5.76. The van der Waals surface area contributed by atoms with E-state index in [9.17, 15) is 4.79 Å². The fourth-order valence-corrected chi connectivity index (χ4v) is 1.44. The van der Waals surface area contributed by atoms with Crippen LogP contribution in [0.2, 0.25) is 0 Å². The minimum atomic E-state index is -0.729. The van der Waals surface area contributed by atoms with Gasteiger partial charge in [-0.05, 0) is 12.8 Å². The summed E-state index contributed by atoms with van der Waals surface area (Å²) in [5.74, 6) is -0.729. The number of rotatable bonds is 1. The average molecular weight is 224 g/mol. The van der Waals surface area contributed by atoms with Crippen LogP contribution in [0.4, 0.5) is 0 Å². The molecule has 0 atom stereocenters. The summed E-state index contributed by atoms with van der Waals surface area (Å²) < 4.78 is 0. The third-order valence-electron chi connectivity index (χ3n) is 2.26. The molecule has 0 amide bonds. The summed E-state index contributed by atoms with van der Waals surface area (Å²) in [6, 6.07) is 0. The van der Waals surface area contributed by atoms with Gasteiger partial charge in [-0.3, -0.25) is 0 Å². The first-order chi connectivity index (χ1) is 4.65. The van der Waals surface area contributed by atoms with Gasteiger partial charge in [0.15, 0.2) is 5.54 Å². The molecule has 0 heterocycles. The molecule has 3 nitrogen and oxygen atoms in total. The molecule has 0 saturated heterocycles. The van der Waals surface area contributed by atoms with Crippen molar-refractivity contribution in [3.8, 4) is 0 Å². The smallest absolute Gasteiger partial charge is 0.365 e. The molecular weight excluding hydrogens is 210 g/mol. The maximum Gasteiger partial charge on any atom is 0.365 e. The largest absolute Gasteiger partial charge is 1.00 e. The second-order valence-corrected chi connectivity index (χ2v) is 3.15. The lowest BCUT2D eigenvalue weighted by atomic mass is 9.83. The van der Waals surface area contributed by atoms with E-state index in [4.69, 9.17) is 5.11 Å². The van der Waals surface area contributed by atoms with E-state index >= 15 is 0 Å². The summed E-state index contributed by atoms with van der Waals surface area (Å²) in [6.45, 7) is 0. The van der Waals surface area contributed by atoms with E-state index in [0.29, 0.717) is 0 Å². The maximum absolute atomic E-state index is 10.6. The Balaban J connectivity index is 0.000001000. The lowest BCUT2D eigenvalue weighted by Gasteiger charge is -2.24. The van der Waals surface area contributed by atoms with E-state index in [-0.39, 0.29) is 17.0 Å². The zero-order valence-electron chi connectivity index (χ0n) is 6.48. The first kappa shape index (κ1) is 10.9. The minimum absolute atomic E-state index is 0. The highest BCUT2D eigenvalue weighted by Gasteiger charge is 2.39. The van der Waals surface area contributed by atoms with Crippen LogP contribution in [0.3, 0.4) is 0 Å². The Hall–Kier alpha value is -0.0900. The van der Waals surface area contributed by atoms with Crippen LogP contribution in [0, 0.1) is 0 Å². The SMILES string of the molecule is [Br-].[NH3+]C1(C(=O)O)CCCCC1. The van der Waals surface area contributed by atoms with Gasteiger partial charge in [-0.25, -0.2) is 4.79 Å². The number of carboxylic acids is 1. The molecule has 1 aliphatic rings. The summed E-state index contributed by atoms with van der Waals surface area (Å²) in [6.07, 6.45) is 4.72. The van der Waals surface area contributed by atoms with Gasteiger partial charge in [0.25, 0.3) is 0 Å². The van der Waals surface area contributed by atoms with Crippen molar-refractivity contribution >= 4 is 5.97 Å². The van der Waals surface area contributed by atoms with Crippen molar-refractivity contribution in [3.63, 3.8) is 0 Å². The van der Waals surface area contributed by atoms with Crippen molar-refractivity contribution in [3.05, 3.63) is 0 Å². The van der Waals surface area contributed by atoms with Crippen LogP contribution in [-0.2, 0) is 4.79 Å². The van der Waals surface area contributed by atoms with Crippen molar-refractivity contribution in [2.75, 3.05) is 0 Å². The fraction of sp³-hybridized carbons (Fsp3) is 0.857. The van der Waals surface area contributed by atoms with Crippen LogP contribution in [0.15, 0.2) is 0 Å². The van der Waals surface area contributed by atoms with Crippen LogP contribution in [0.25, 0.3) is 0 Å². The molecule has 0 aromatic heterocycles. The normalized spacial score (nSPS) is 21.9. The van der Waals surface area contributed by atoms with Crippen LogP contribution >= 0.6 is 0 Å². The third kappa shape index (κ3) is 2.45. The van der Waals surface area contributed by atoms with Gasteiger partial charge in [-0.2, -0.15) is 0 Å². The molecule has 0 unspecified atom stereocenters. The van der Waals surface area contributed by atoms with E-state index < -0.39 is 11.5 Å². The highest BCUT2D eigenvalue weighted by atomic mass is 79.9. The van der Waals surface area contributed by atoms with Gasteiger partial charge in [0.1, 0.15) is 0 Å². The Morgan fingerprint density at radius 3 is 2.00 bits per heavy atom. The van der Waals surface area contributed by atoms with E-state index in [2.05, 4.69) is 5.73 Å². The number of quaternary nitrogens is 1. The molecule has 4 heteroatoms. The lowest BCUT2D eigenvalue weighted by molar-refractivity contribution is -0.468. The molecule has 0 aliphatic heterocycles. The zero-order chi connectivity index (χ0) is 7.61. The van der Waals surface area contributed by atoms with E-state index in [1.54, 1.807) is 0 Å². The van der Waals surface area contributed by atoms with Crippen molar-refractivity contribution in [2.24, 2.45) is 0 Å². The van der Waals surface area contributed by atoms with Gasteiger partial charge in [0.05, 0.1) is 0 Å². The molecule has 1 rings (SSSR count). The molecular formula is C7H14BrNO2. The number of halogens is 1. The predicted octanol–water partition coefficient (Wildman–Crippen LogP) is -2.98. The number of aliphatic carboxylic acids is 1. The van der Waals surface area contributed by atoms with Crippen molar-refractivity contribution in [1.29, 1.82) is 0 Å². The molecule has 0 spiro atoms. The van der Waals surface area contributed by atoms with Crippen LogP contribution in [-0.4, -0.2) is 16.6 Å². The van der Waals surface area contributed by atoms with Gasteiger partial charge in [-0.1, -0.05) is 6.42 Å². The molecule has 11 heavy (non-hydrogen) atoms. The second-order valence-electron chi connectivity index (χ2n) is 3.15. The highest BCUT2D eigenvalue weighted by Crippen LogP contribution is 2.23. The van der Waals surface area contributed by atoms with Gasteiger partial charge in [0, 0.05) is 12.8 Å². The summed E-state index contributed by atoms with van der Waals surface area (Å²) >= 11 is 0. The van der Waals surface area contributed by atoms with Gasteiger partial charge in [0.2, 0.25) is 0 Å². The van der Waals surface area contributed by atoms with Crippen molar-refractivity contribution < 1.29 is 32.6 Å². The molecule has 0 bridgehead atoms. The Morgan fingerprint density at radius 2 is 1.73 bits per heavy atom. The first-order valence-corrected chi connectivity index (χ1v) is 3.74. The number of carbonyl (C=O) groups is 1. The summed E-state index contributed by atoms with van der Waals surface area (Å²) in [7, 11) is 0. The Morgan fingerprint density at radius 1 is 1.27 bits per heavy atom. The molecule has 4 N–H and O–H groups in total. The van der Waals surface area contributed by atoms with Crippen molar-refractivity contribution in [2.45, 2.75) is 37.6 Å². The Kier molecular flexibility index (Phi) is 4.03. The molecule has 0 aromatic rings. The number of carboxylic acid groups (broad SMARTS) is 1. The summed E-state index contributed by atoms with van der Waals surface area (Å²) in [4.78, 5) is 10.6. The van der Waals surface area contributed by atoms with Crippen LogP contribution < -0.4 is 22.7 Å². The minimum Gasteiger partial charge on any atom is -1.00 e. The van der Waals surface area contributed by atoms with Gasteiger partial charge in [-0.15, -0.1) is 0 Å². The monoisotopic (exact) mass is 223 g/mol. The van der Waals surface area contributed by atoms with Crippen LogP contribution in [0.1, 0.15) is 32.1 Å². The standard InChI is InChI=1S/C7H13NO2.BrH/c8-7(6(9)10)4-2-1-3-5-7;/h1-5,8H2,(H,9,10);1H. The predicted molar refractivity (Wildman–Crippen MR) is 36.3 cm³/mol. The number of hydrogen-bond donors (Lipinski definition) is 2. The summed E-state index contributed by atoms with van der Waals surface area (Å²) in [5.41, 5.74) is 3.07. The molecule has 1 fully saturated rings. The lowest BCUT2D eigenvalue weighted by Crippen LogP contribution is -3.00. The molecule has 66 valence electrons. The van der Waals surface area contributed by atoms with E-state index in [0.717, 1.165) is 25.7 Å². The zero-order valence-corrected chi connectivity index (χ0v) is 8.06. The summed E-state index contributed by atoms with van der Waals surface area (Å²) in [5, 5.41) is 8.74. The number of hydrogen-bond acceptors (Lipinski definition) is 1. The molecule has 1 saturated carbocycles.